The van der Waals surface area contributed by atoms with Crippen LogP contribution in [0.5, 0.6) is 0 Å². The molecule has 124 valence electrons. The third-order valence-corrected chi connectivity index (χ3v) is 3.27. The van der Waals surface area contributed by atoms with Gasteiger partial charge in [-0.1, -0.05) is 31.4 Å². The predicted octanol–water partition coefficient (Wildman–Crippen LogP) is 3.52. The van der Waals surface area contributed by atoms with Crippen molar-refractivity contribution in [2.45, 2.75) is 26.2 Å². The number of unbranched alkanes of at least 4 members (excludes halogenated alkanes) is 1. The second-order valence-electron chi connectivity index (χ2n) is 5.02. The van der Waals surface area contributed by atoms with Crippen molar-refractivity contribution < 1.29 is 18.3 Å². The molecule has 0 fully saturated rings. The van der Waals surface area contributed by atoms with E-state index >= 15 is 0 Å². The minimum atomic E-state index is -0.589. The van der Waals surface area contributed by atoms with E-state index in [4.69, 9.17) is 14.4 Å². The molecule has 1 aromatic carbocycles. The highest BCUT2D eigenvalue weighted by Crippen LogP contribution is 2.27. The van der Waals surface area contributed by atoms with Crippen LogP contribution in [0.15, 0.2) is 22.6 Å². The molecule has 0 saturated carbocycles. The number of benzene rings is 1. The van der Waals surface area contributed by atoms with Gasteiger partial charge in [0.05, 0.1) is 31.0 Å². The standard InChI is InChI=1S/C18H17FN2O3/c1-2-3-12-23-18(22)21-11-5-8-15-17(19)16-13(9-10-20)6-4-7-14(16)24-15/h4,6-7H,2-3,9,11-12H2,1H3,(H,21,22). The first-order valence-corrected chi connectivity index (χ1v) is 7.63. The van der Waals surface area contributed by atoms with Gasteiger partial charge in [-0.15, -0.1) is 0 Å². The van der Waals surface area contributed by atoms with Crippen molar-refractivity contribution >= 4 is 17.1 Å². The van der Waals surface area contributed by atoms with Crippen molar-refractivity contribution in [3.8, 4) is 17.9 Å². The van der Waals surface area contributed by atoms with E-state index in [2.05, 4.69) is 17.2 Å². The number of amides is 1. The maximum atomic E-state index is 14.4. The second kappa shape index (κ2) is 8.59. The summed E-state index contributed by atoms with van der Waals surface area (Å²) in [4.78, 5) is 11.3. The monoisotopic (exact) mass is 328 g/mol. The Morgan fingerprint density at radius 1 is 1.46 bits per heavy atom. The number of nitrogens with one attached hydrogen (secondary N) is 1. The number of rotatable bonds is 5. The lowest BCUT2D eigenvalue weighted by Gasteiger charge is -2.02. The maximum absolute atomic E-state index is 14.4. The summed E-state index contributed by atoms with van der Waals surface area (Å²) in [6.07, 6.45) is 1.27. The van der Waals surface area contributed by atoms with Crippen LogP contribution in [-0.2, 0) is 11.2 Å². The summed E-state index contributed by atoms with van der Waals surface area (Å²) < 4.78 is 24.7. The van der Waals surface area contributed by atoms with Gasteiger partial charge in [-0.05, 0) is 24.0 Å². The summed E-state index contributed by atoms with van der Waals surface area (Å²) in [7, 11) is 0. The number of carbonyl (C=O) groups is 1. The molecular weight excluding hydrogens is 311 g/mol. The summed E-state index contributed by atoms with van der Waals surface area (Å²) in [5.41, 5.74) is 0.901. The van der Waals surface area contributed by atoms with Crippen molar-refractivity contribution in [1.82, 2.24) is 5.32 Å². The molecule has 6 heteroatoms. The molecule has 1 heterocycles. The van der Waals surface area contributed by atoms with Crippen LogP contribution in [0.4, 0.5) is 9.18 Å². The van der Waals surface area contributed by atoms with Crippen molar-refractivity contribution in [1.29, 1.82) is 5.26 Å². The molecule has 0 aliphatic heterocycles. The van der Waals surface area contributed by atoms with Crippen LogP contribution in [0.25, 0.3) is 11.0 Å². The van der Waals surface area contributed by atoms with Crippen LogP contribution in [0.3, 0.4) is 0 Å². The molecule has 0 aliphatic carbocycles. The van der Waals surface area contributed by atoms with Gasteiger partial charge < -0.3 is 14.5 Å². The molecule has 0 saturated heterocycles. The summed E-state index contributed by atoms with van der Waals surface area (Å²) in [5, 5.41) is 11.5. The van der Waals surface area contributed by atoms with Gasteiger partial charge in [0.2, 0.25) is 5.76 Å². The molecular formula is C18H17FN2O3. The Bertz CT molecular complexity index is 824. The lowest BCUT2D eigenvalue weighted by Crippen LogP contribution is -2.24. The number of nitrogens with zero attached hydrogens (tertiary/aromatic N) is 1. The number of nitriles is 1. The zero-order valence-corrected chi connectivity index (χ0v) is 13.3. The number of halogens is 1. The number of carbonyl (C=O) groups excluding carboxylic acids is 1. The summed E-state index contributed by atoms with van der Waals surface area (Å²) in [6, 6.07) is 6.98. The van der Waals surface area contributed by atoms with Crippen molar-refractivity contribution in [3.63, 3.8) is 0 Å². The minimum absolute atomic E-state index is 0.0203. The Morgan fingerprint density at radius 2 is 2.29 bits per heavy atom. The van der Waals surface area contributed by atoms with Crippen molar-refractivity contribution in [2.75, 3.05) is 13.2 Å². The van der Waals surface area contributed by atoms with Gasteiger partial charge in [0, 0.05) is 0 Å². The summed E-state index contributed by atoms with van der Waals surface area (Å²) in [6.45, 7) is 2.37. The van der Waals surface area contributed by atoms with E-state index < -0.39 is 11.9 Å². The Morgan fingerprint density at radius 3 is 3.04 bits per heavy atom. The lowest BCUT2D eigenvalue weighted by molar-refractivity contribution is 0.146. The number of hydrogen-bond acceptors (Lipinski definition) is 4. The molecule has 2 rings (SSSR count). The number of ether oxygens (including phenoxy) is 1. The normalized spacial score (nSPS) is 9.88. The molecule has 24 heavy (non-hydrogen) atoms. The SMILES string of the molecule is CCCCOC(=O)NCC#Cc1oc2cccc(CC#N)c2c1F. The third-order valence-electron chi connectivity index (χ3n) is 3.27. The average molecular weight is 328 g/mol. The Labute approximate surface area is 139 Å². The van der Waals surface area contributed by atoms with Crippen LogP contribution >= 0.6 is 0 Å². The highest BCUT2D eigenvalue weighted by atomic mass is 19.1. The molecule has 0 spiro atoms. The number of hydrogen-bond donors (Lipinski definition) is 1. The van der Waals surface area contributed by atoms with E-state index in [1.165, 1.54) is 0 Å². The van der Waals surface area contributed by atoms with E-state index in [0.29, 0.717) is 17.8 Å². The largest absolute Gasteiger partial charge is 0.450 e. The Kier molecular flexibility index (Phi) is 6.22. The maximum Gasteiger partial charge on any atom is 0.407 e. The smallest absolute Gasteiger partial charge is 0.407 e. The van der Waals surface area contributed by atoms with Gasteiger partial charge >= 0.3 is 6.09 Å². The molecule has 5 nitrogen and oxygen atoms in total. The summed E-state index contributed by atoms with van der Waals surface area (Å²) in [5.74, 6) is 4.46. The van der Waals surface area contributed by atoms with Gasteiger partial charge in [0.1, 0.15) is 5.58 Å². The van der Waals surface area contributed by atoms with Crippen LogP contribution < -0.4 is 5.32 Å². The molecule has 1 amide bonds. The van der Waals surface area contributed by atoms with Crippen LogP contribution in [0, 0.1) is 29.0 Å². The third kappa shape index (κ3) is 4.27. The highest BCUT2D eigenvalue weighted by molar-refractivity contribution is 5.83. The Hall–Kier alpha value is -2.99. The minimum Gasteiger partial charge on any atom is -0.450 e. The first-order chi connectivity index (χ1) is 11.7. The summed E-state index contributed by atoms with van der Waals surface area (Å²) >= 11 is 0. The van der Waals surface area contributed by atoms with Crippen LogP contribution in [0.2, 0.25) is 0 Å². The number of fused-ring (bicyclic) bond motifs is 1. The molecule has 1 aromatic heterocycles. The van der Waals surface area contributed by atoms with E-state index in [1.54, 1.807) is 18.2 Å². The molecule has 0 unspecified atom stereocenters. The van der Waals surface area contributed by atoms with E-state index in [1.807, 2.05) is 13.0 Å². The quantitative estimate of drug-likeness (QED) is 0.673. The molecule has 2 aromatic rings. The fourth-order valence-electron chi connectivity index (χ4n) is 2.09. The zero-order chi connectivity index (χ0) is 17.4. The fraction of sp³-hybridized carbons (Fsp3) is 0.333. The fourth-order valence-corrected chi connectivity index (χ4v) is 2.09. The number of alkyl carbamates (subject to hydrolysis) is 1. The Balaban J connectivity index is 2.04. The van der Waals surface area contributed by atoms with Crippen LogP contribution in [-0.4, -0.2) is 19.2 Å². The molecule has 0 atom stereocenters. The first kappa shape index (κ1) is 17.4. The van der Waals surface area contributed by atoms with Gasteiger partial charge in [-0.2, -0.15) is 5.26 Å². The lowest BCUT2D eigenvalue weighted by atomic mass is 10.1. The number of furan rings is 1. The van der Waals surface area contributed by atoms with E-state index in [-0.39, 0.29) is 24.1 Å². The van der Waals surface area contributed by atoms with Gasteiger partial charge in [-0.25, -0.2) is 9.18 Å². The predicted molar refractivity (Wildman–Crippen MR) is 86.6 cm³/mol. The first-order valence-electron chi connectivity index (χ1n) is 7.63. The molecule has 1 N–H and O–H groups in total. The molecule has 0 radical (unpaired) electrons. The highest BCUT2D eigenvalue weighted by Gasteiger charge is 2.15. The van der Waals surface area contributed by atoms with Crippen molar-refractivity contribution in [3.05, 3.63) is 35.3 Å². The molecule has 0 bridgehead atoms. The van der Waals surface area contributed by atoms with E-state index in [9.17, 15) is 9.18 Å². The van der Waals surface area contributed by atoms with Gasteiger partial charge in [0.25, 0.3) is 0 Å². The van der Waals surface area contributed by atoms with E-state index in [0.717, 1.165) is 12.8 Å². The van der Waals surface area contributed by atoms with Crippen molar-refractivity contribution in [2.24, 2.45) is 0 Å². The zero-order valence-electron chi connectivity index (χ0n) is 13.3. The molecule has 0 aliphatic rings. The average Bonchev–Trinajstić information content (AvgIpc) is 2.89. The second-order valence-corrected chi connectivity index (χ2v) is 5.02. The topological polar surface area (TPSA) is 75.3 Å². The van der Waals surface area contributed by atoms with Gasteiger partial charge in [0.15, 0.2) is 5.82 Å². The van der Waals surface area contributed by atoms with Crippen LogP contribution in [0.1, 0.15) is 31.1 Å². The van der Waals surface area contributed by atoms with Gasteiger partial charge in [-0.3, -0.25) is 0 Å².